The van der Waals surface area contributed by atoms with Crippen molar-refractivity contribution in [2.75, 3.05) is 24.5 Å². The van der Waals surface area contributed by atoms with Crippen molar-refractivity contribution in [1.82, 2.24) is 10.2 Å². The minimum absolute atomic E-state index is 0.0197. The SMILES string of the molecule is CCCCNC(=O)C(Cc1ccccc1)N(Cc1ccccc1Cl)C(=O)CN(c1cc(Cl)ccc1OC)S(=O)(=O)c1ccc(C)cc1. The average Bonchev–Trinajstić information content (AvgIpc) is 3.06. The standard InChI is InChI=1S/C36H39Cl2N3O5S/c1-4-5-21-39-36(43)33(22-27-11-7-6-8-12-27)40(24-28-13-9-10-14-31(28)38)35(42)25-41(32-23-29(37)17-20-34(32)46-3)47(44,45)30-18-15-26(2)16-19-30/h6-20,23,33H,4-5,21-22,24-25H2,1-3H3,(H,39,43). The number of anilines is 1. The first kappa shape index (κ1) is 35.8. The van der Waals surface area contributed by atoms with Gasteiger partial charge in [0.15, 0.2) is 0 Å². The van der Waals surface area contributed by atoms with Crippen molar-refractivity contribution in [3.05, 3.63) is 124 Å². The molecule has 1 atom stereocenters. The second kappa shape index (κ2) is 16.7. The molecule has 0 radical (unpaired) electrons. The summed E-state index contributed by atoms with van der Waals surface area (Å²) in [6, 6.07) is 26.3. The van der Waals surface area contributed by atoms with E-state index >= 15 is 0 Å². The molecule has 0 aliphatic rings. The average molecular weight is 697 g/mol. The highest BCUT2D eigenvalue weighted by molar-refractivity contribution is 7.92. The quantitative estimate of drug-likeness (QED) is 0.134. The lowest BCUT2D eigenvalue weighted by Gasteiger charge is -2.34. The summed E-state index contributed by atoms with van der Waals surface area (Å²) in [7, 11) is -2.92. The summed E-state index contributed by atoms with van der Waals surface area (Å²) in [4.78, 5) is 29.9. The predicted octanol–water partition coefficient (Wildman–Crippen LogP) is 7.06. The molecule has 0 saturated carbocycles. The zero-order chi connectivity index (χ0) is 34.0. The summed E-state index contributed by atoms with van der Waals surface area (Å²) < 4.78 is 35.2. The van der Waals surface area contributed by atoms with Gasteiger partial charge in [-0.2, -0.15) is 0 Å². The maximum atomic E-state index is 14.6. The summed E-state index contributed by atoms with van der Waals surface area (Å²) in [5, 5.41) is 3.64. The number of sulfonamides is 1. The largest absolute Gasteiger partial charge is 0.495 e. The Bertz CT molecular complexity index is 1770. The smallest absolute Gasteiger partial charge is 0.264 e. The number of hydrogen-bond donors (Lipinski definition) is 1. The first-order valence-electron chi connectivity index (χ1n) is 15.3. The van der Waals surface area contributed by atoms with Gasteiger partial charge in [0.05, 0.1) is 17.7 Å². The Balaban J connectivity index is 1.85. The Hall–Kier alpha value is -4.05. The van der Waals surface area contributed by atoms with Gasteiger partial charge in [-0.25, -0.2) is 8.42 Å². The van der Waals surface area contributed by atoms with Gasteiger partial charge in [-0.1, -0.05) is 103 Å². The molecule has 248 valence electrons. The number of nitrogens with zero attached hydrogens (tertiary/aromatic N) is 2. The fraction of sp³-hybridized carbons (Fsp3) is 0.278. The Labute approximate surface area is 287 Å². The van der Waals surface area contributed by atoms with E-state index in [-0.39, 0.29) is 40.2 Å². The van der Waals surface area contributed by atoms with Crippen LogP contribution in [0.25, 0.3) is 0 Å². The van der Waals surface area contributed by atoms with Gasteiger partial charge in [-0.15, -0.1) is 0 Å². The lowest BCUT2D eigenvalue weighted by Crippen LogP contribution is -2.53. The summed E-state index contributed by atoms with van der Waals surface area (Å²) in [5.74, 6) is -0.765. The number of amides is 2. The lowest BCUT2D eigenvalue weighted by molar-refractivity contribution is -0.140. The molecule has 2 amide bonds. The third kappa shape index (κ3) is 9.28. The molecule has 1 N–H and O–H groups in total. The summed E-state index contributed by atoms with van der Waals surface area (Å²) in [5.41, 5.74) is 2.39. The van der Waals surface area contributed by atoms with E-state index in [4.69, 9.17) is 27.9 Å². The number of rotatable bonds is 15. The minimum atomic E-state index is -4.33. The van der Waals surface area contributed by atoms with Crippen LogP contribution in [-0.2, 0) is 32.6 Å². The molecule has 4 rings (SSSR count). The van der Waals surface area contributed by atoms with Gasteiger partial charge in [0, 0.05) is 29.6 Å². The fourth-order valence-corrected chi connectivity index (χ4v) is 6.86. The summed E-state index contributed by atoms with van der Waals surface area (Å²) in [6.45, 7) is 3.62. The van der Waals surface area contributed by atoms with Gasteiger partial charge < -0.3 is 15.0 Å². The molecule has 0 aromatic heterocycles. The van der Waals surface area contributed by atoms with Crippen molar-refractivity contribution in [3.8, 4) is 5.75 Å². The first-order valence-corrected chi connectivity index (χ1v) is 17.5. The van der Waals surface area contributed by atoms with Crippen molar-refractivity contribution in [2.24, 2.45) is 0 Å². The highest BCUT2D eigenvalue weighted by atomic mass is 35.5. The van der Waals surface area contributed by atoms with E-state index in [0.717, 1.165) is 28.3 Å². The van der Waals surface area contributed by atoms with Gasteiger partial charge in [0.1, 0.15) is 18.3 Å². The number of carbonyl (C=O) groups excluding carboxylic acids is 2. The van der Waals surface area contributed by atoms with Gasteiger partial charge >= 0.3 is 0 Å². The number of halogens is 2. The highest BCUT2D eigenvalue weighted by Crippen LogP contribution is 2.35. The molecule has 0 heterocycles. The number of ether oxygens (including phenoxy) is 1. The van der Waals surface area contributed by atoms with E-state index in [1.807, 2.05) is 44.2 Å². The molecule has 0 fully saturated rings. The number of aryl methyl sites for hydroxylation is 1. The molecule has 0 bridgehead atoms. The second-order valence-corrected chi connectivity index (χ2v) is 13.8. The van der Waals surface area contributed by atoms with Crippen LogP contribution in [0, 0.1) is 6.92 Å². The zero-order valence-corrected chi connectivity index (χ0v) is 29.0. The van der Waals surface area contributed by atoms with E-state index in [2.05, 4.69) is 5.32 Å². The first-order chi connectivity index (χ1) is 22.5. The number of hydrogen-bond acceptors (Lipinski definition) is 5. The molecular weight excluding hydrogens is 657 g/mol. The number of carbonyl (C=O) groups is 2. The molecule has 0 aliphatic carbocycles. The molecule has 47 heavy (non-hydrogen) atoms. The van der Waals surface area contributed by atoms with Crippen LogP contribution in [0.1, 0.15) is 36.5 Å². The van der Waals surface area contributed by atoms with E-state index in [1.165, 1.54) is 30.2 Å². The normalized spacial score (nSPS) is 11.9. The second-order valence-electron chi connectivity index (χ2n) is 11.1. The minimum Gasteiger partial charge on any atom is -0.495 e. The van der Waals surface area contributed by atoms with Crippen molar-refractivity contribution < 1.29 is 22.7 Å². The Morgan fingerprint density at radius 1 is 0.915 bits per heavy atom. The molecular formula is C36H39Cl2N3O5S. The van der Waals surface area contributed by atoms with Crippen molar-refractivity contribution in [2.45, 2.75) is 50.6 Å². The van der Waals surface area contributed by atoms with Crippen LogP contribution in [-0.4, -0.2) is 51.4 Å². The van der Waals surface area contributed by atoms with E-state index in [1.54, 1.807) is 48.5 Å². The van der Waals surface area contributed by atoms with E-state index in [9.17, 15) is 18.0 Å². The van der Waals surface area contributed by atoms with Crippen LogP contribution in [0.5, 0.6) is 5.75 Å². The van der Waals surface area contributed by atoms with Crippen molar-refractivity contribution >= 4 is 50.7 Å². The van der Waals surface area contributed by atoms with Crippen molar-refractivity contribution in [1.29, 1.82) is 0 Å². The van der Waals surface area contributed by atoms with Crippen molar-refractivity contribution in [3.63, 3.8) is 0 Å². The van der Waals surface area contributed by atoms with Crippen LogP contribution in [0.2, 0.25) is 10.0 Å². The topological polar surface area (TPSA) is 96.0 Å². The van der Waals surface area contributed by atoms with Gasteiger partial charge in [0.25, 0.3) is 10.0 Å². The monoisotopic (exact) mass is 695 g/mol. The predicted molar refractivity (Wildman–Crippen MR) is 188 cm³/mol. The van der Waals surface area contributed by atoms with Gasteiger partial charge in [-0.05, 0) is 60.9 Å². The number of methoxy groups -OCH3 is 1. The van der Waals surface area contributed by atoms with Crippen LogP contribution >= 0.6 is 23.2 Å². The fourth-order valence-electron chi connectivity index (χ4n) is 5.08. The van der Waals surface area contributed by atoms with Crippen LogP contribution in [0.4, 0.5) is 5.69 Å². The third-order valence-electron chi connectivity index (χ3n) is 7.70. The maximum absolute atomic E-state index is 14.6. The van der Waals surface area contributed by atoms with Gasteiger partial charge in [0.2, 0.25) is 11.8 Å². The molecule has 8 nitrogen and oxygen atoms in total. The van der Waals surface area contributed by atoms with E-state index in [0.29, 0.717) is 17.1 Å². The molecule has 4 aromatic carbocycles. The number of unbranched alkanes of at least 4 members (excludes halogenated alkanes) is 1. The summed E-state index contributed by atoms with van der Waals surface area (Å²) in [6.07, 6.45) is 1.83. The van der Waals surface area contributed by atoms with Crippen LogP contribution in [0.15, 0.2) is 102 Å². The molecule has 0 aliphatic heterocycles. The third-order valence-corrected chi connectivity index (χ3v) is 10.1. The van der Waals surface area contributed by atoms with Gasteiger partial charge in [-0.3, -0.25) is 13.9 Å². The highest BCUT2D eigenvalue weighted by Gasteiger charge is 2.36. The summed E-state index contributed by atoms with van der Waals surface area (Å²) >= 11 is 12.9. The molecule has 0 saturated heterocycles. The number of benzene rings is 4. The molecule has 1 unspecified atom stereocenters. The molecule has 11 heteroatoms. The molecule has 0 spiro atoms. The van der Waals surface area contributed by atoms with Crippen LogP contribution in [0.3, 0.4) is 0 Å². The van der Waals surface area contributed by atoms with E-state index < -0.39 is 28.5 Å². The zero-order valence-electron chi connectivity index (χ0n) is 26.7. The Morgan fingerprint density at radius 2 is 1.60 bits per heavy atom. The number of nitrogens with one attached hydrogen (secondary N) is 1. The Kier molecular flexibility index (Phi) is 12.7. The van der Waals surface area contributed by atoms with Crippen LogP contribution < -0.4 is 14.4 Å². The maximum Gasteiger partial charge on any atom is 0.264 e. The lowest BCUT2D eigenvalue weighted by atomic mass is 10.0. The Morgan fingerprint density at radius 3 is 2.26 bits per heavy atom. The molecule has 4 aromatic rings.